The van der Waals surface area contributed by atoms with Crippen LogP contribution in [0.1, 0.15) is 46.0 Å². The summed E-state index contributed by atoms with van der Waals surface area (Å²) in [5.74, 6) is 0.647. The third kappa shape index (κ3) is 6.05. The zero-order valence-electron chi connectivity index (χ0n) is 9.25. The molecule has 13 heavy (non-hydrogen) atoms. The van der Waals surface area contributed by atoms with Crippen molar-refractivity contribution in [1.29, 1.82) is 0 Å². The van der Waals surface area contributed by atoms with Crippen LogP contribution in [0.4, 0.5) is 0 Å². The van der Waals surface area contributed by atoms with Crippen LogP contribution < -0.4 is 0 Å². The second kappa shape index (κ2) is 8.52. The molecule has 1 N–H and O–H groups in total. The van der Waals surface area contributed by atoms with Gasteiger partial charge in [-0.15, -0.1) is 0 Å². The Balaban J connectivity index is 3.42. The van der Waals surface area contributed by atoms with E-state index in [4.69, 9.17) is 9.84 Å². The van der Waals surface area contributed by atoms with Crippen LogP contribution in [0, 0.1) is 5.92 Å². The molecule has 0 saturated heterocycles. The summed E-state index contributed by atoms with van der Waals surface area (Å²) in [6.07, 6.45) is 6.01. The molecule has 0 saturated carbocycles. The molecule has 0 heterocycles. The Hall–Kier alpha value is -0.0800. The summed E-state index contributed by atoms with van der Waals surface area (Å²) in [6.45, 7) is 4.74. The van der Waals surface area contributed by atoms with E-state index < -0.39 is 0 Å². The summed E-state index contributed by atoms with van der Waals surface area (Å²) >= 11 is 0. The number of aliphatic hydroxyl groups excluding tert-OH is 1. The summed E-state index contributed by atoms with van der Waals surface area (Å²) < 4.78 is 5.37. The summed E-state index contributed by atoms with van der Waals surface area (Å²) in [5, 5.41) is 8.61. The molecular formula is C11H24O2. The molecule has 0 amide bonds. The third-order valence-corrected chi connectivity index (χ3v) is 2.66. The van der Waals surface area contributed by atoms with E-state index in [2.05, 4.69) is 13.8 Å². The number of methoxy groups -OCH3 is 1. The molecule has 0 aliphatic rings. The molecule has 0 radical (unpaired) electrons. The molecule has 0 fully saturated rings. The van der Waals surface area contributed by atoms with Crippen molar-refractivity contribution in [2.75, 3.05) is 13.7 Å². The summed E-state index contributed by atoms with van der Waals surface area (Å²) in [4.78, 5) is 0. The Bertz CT molecular complexity index is 100. The molecule has 2 nitrogen and oxygen atoms in total. The highest BCUT2D eigenvalue weighted by Gasteiger charge is 2.13. The third-order valence-electron chi connectivity index (χ3n) is 2.66. The van der Waals surface area contributed by atoms with Crippen LogP contribution in [0.3, 0.4) is 0 Å². The Labute approximate surface area is 82.3 Å². The average molecular weight is 188 g/mol. The van der Waals surface area contributed by atoms with Gasteiger partial charge in [0.05, 0.1) is 6.10 Å². The van der Waals surface area contributed by atoms with Gasteiger partial charge in [-0.1, -0.05) is 26.7 Å². The van der Waals surface area contributed by atoms with Gasteiger partial charge in [0.1, 0.15) is 0 Å². The van der Waals surface area contributed by atoms with Crippen molar-refractivity contribution >= 4 is 0 Å². The smallest absolute Gasteiger partial charge is 0.0594 e. The number of unbranched alkanes of at least 4 members (excludes halogenated alkanes) is 2. The molecule has 0 spiro atoms. The lowest BCUT2D eigenvalue weighted by Crippen LogP contribution is -2.19. The minimum atomic E-state index is 0.329. The molecule has 0 aromatic rings. The quantitative estimate of drug-likeness (QED) is 0.593. The van der Waals surface area contributed by atoms with Gasteiger partial charge in [0, 0.05) is 13.7 Å². The second-order valence-electron chi connectivity index (χ2n) is 3.73. The minimum absolute atomic E-state index is 0.329. The van der Waals surface area contributed by atoms with E-state index in [1.165, 1.54) is 12.8 Å². The fourth-order valence-electron chi connectivity index (χ4n) is 1.74. The minimum Gasteiger partial charge on any atom is -0.396 e. The standard InChI is InChI=1S/C11H24O2/c1-4-11(13-3)10(2)8-6-5-7-9-12/h10-12H,4-9H2,1-3H3/t10-,11+/m0/s1. The lowest BCUT2D eigenvalue weighted by atomic mass is 9.96. The highest BCUT2D eigenvalue weighted by atomic mass is 16.5. The van der Waals surface area contributed by atoms with Gasteiger partial charge in [-0.05, 0) is 25.2 Å². The second-order valence-corrected chi connectivity index (χ2v) is 3.73. The SMILES string of the molecule is CC[C@@H](OC)[C@@H](C)CCCCCO. The Morgan fingerprint density at radius 2 is 1.92 bits per heavy atom. The summed E-state index contributed by atoms with van der Waals surface area (Å²) in [7, 11) is 1.79. The maximum Gasteiger partial charge on any atom is 0.0594 e. The maximum atomic E-state index is 8.61. The predicted molar refractivity (Wildman–Crippen MR) is 55.8 cm³/mol. The van der Waals surface area contributed by atoms with E-state index >= 15 is 0 Å². The van der Waals surface area contributed by atoms with E-state index in [9.17, 15) is 0 Å². The molecule has 0 unspecified atom stereocenters. The van der Waals surface area contributed by atoms with Crippen LogP contribution in [0.2, 0.25) is 0 Å². The van der Waals surface area contributed by atoms with Gasteiger partial charge in [0.25, 0.3) is 0 Å². The van der Waals surface area contributed by atoms with Crippen molar-refractivity contribution in [3.8, 4) is 0 Å². The molecule has 2 atom stereocenters. The Morgan fingerprint density at radius 3 is 2.38 bits per heavy atom. The fourth-order valence-corrected chi connectivity index (χ4v) is 1.74. The molecule has 0 aromatic carbocycles. The van der Waals surface area contributed by atoms with Gasteiger partial charge in [-0.2, -0.15) is 0 Å². The maximum absolute atomic E-state index is 8.61. The lowest BCUT2D eigenvalue weighted by Gasteiger charge is -2.20. The summed E-state index contributed by atoms with van der Waals surface area (Å²) in [5.41, 5.74) is 0. The van der Waals surface area contributed by atoms with E-state index in [0.717, 1.165) is 19.3 Å². The predicted octanol–water partition coefficient (Wildman–Crippen LogP) is 2.60. The van der Waals surface area contributed by atoms with Crippen LogP contribution in [0.25, 0.3) is 0 Å². The number of aliphatic hydroxyl groups is 1. The van der Waals surface area contributed by atoms with Crippen LogP contribution >= 0.6 is 0 Å². The van der Waals surface area contributed by atoms with Crippen molar-refractivity contribution in [2.24, 2.45) is 5.92 Å². The normalized spacial score (nSPS) is 15.7. The first kappa shape index (κ1) is 12.9. The number of ether oxygens (including phenoxy) is 1. The fraction of sp³-hybridized carbons (Fsp3) is 1.00. The summed E-state index contributed by atoms with van der Waals surface area (Å²) in [6, 6.07) is 0. The van der Waals surface area contributed by atoms with E-state index in [-0.39, 0.29) is 0 Å². The molecule has 0 aromatic heterocycles. The highest BCUT2D eigenvalue weighted by Crippen LogP contribution is 2.17. The first-order valence-corrected chi connectivity index (χ1v) is 5.39. The highest BCUT2D eigenvalue weighted by molar-refractivity contribution is 4.64. The first-order chi connectivity index (χ1) is 6.26. The van der Waals surface area contributed by atoms with E-state index in [1.54, 1.807) is 7.11 Å². The van der Waals surface area contributed by atoms with Gasteiger partial charge < -0.3 is 9.84 Å². The molecule has 0 bridgehead atoms. The van der Waals surface area contributed by atoms with Crippen molar-refractivity contribution in [1.82, 2.24) is 0 Å². The molecule has 80 valence electrons. The molecular weight excluding hydrogens is 164 g/mol. The molecule has 0 rings (SSSR count). The van der Waals surface area contributed by atoms with Gasteiger partial charge >= 0.3 is 0 Å². The van der Waals surface area contributed by atoms with Gasteiger partial charge in [0.2, 0.25) is 0 Å². The topological polar surface area (TPSA) is 29.5 Å². The van der Waals surface area contributed by atoms with E-state index in [0.29, 0.717) is 18.6 Å². The lowest BCUT2D eigenvalue weighted by molar-refractivity contribution is 0.0514. The number of rotatable bonds is 8. The first-order valence-electron chi connectivity index (χ1n) is 5.39. The van der Waals surface area contributed by atoms with Crippen LogP contribution in [0.5, 0.6) is 0 Å². The van der Waals surface area contributed by atoms with Gasteiger partial charge in [0.15, 0.2) is 0 Å². The van der Waals surface area contributed by atoms with Gasteiger partial charge in [-0.3, -0.25) is 0 Å². The van der Waals surface area contributed by atoms with Crippen molar-refractivity contribution in [2.45, 2.75) is 52.1 Å². The van der Waals surface area contributed by atoms with Crippen LogP contribution in [0.15, 0.2) is 0 Å². The van der Waals surface area contributed by atoms with Crippen molar-refractivity contribution < 1.29 is 9.84 Å². The Morgan fingerprint density at radius 1 is 1.23 bits per heavy atom. The zero-order valence-corrected chi connectivity index (χ0v) is 9.25. The monoisotopic (exact) mass is 188 g/mol. The molecule has 0 aliphatic heterocycles. The number of hydrogen-bond donors (Lipinski definition) is 1. The Kier molecular flexibility index (Phi) is 8.46. The van der Waals surface area contributed by atoms with Crippen molar-refractivity contribution in [3.05, 3.63) is 0 Å². The number of hydrogen-bond acceptors (Lipinski definition) is 2. The van der Waals surface area contributed by atoms with Crippen LogP contribution in [-0.4, -0.2) is 24.9 Å². The van der Waals surface area contributed by atoms with E-state index in [1.807, 2.05) is 0 Å². The van der Waals surface area contributed by atoms with Gasteiger partial charge in [-0.25, -0.2) is 0 Å². The average Bonchev–Trinajstić information content (AvgIpc) is 2.14. The largest absolute Gasteiger partial charge is 0.396 e. The van der Waals surface area contributed by atoms with Crippen LogP contribution in [-0.2, 0) is 4.74 Å². The molecule has 2 heteroatoms. The van der Waals surface area contributed by atoms with Crippen molar-refractivity contribution in [3.63, 3.8) is 0 Å². The molecule has 0 aliphatic carbocycles. The zero-order chi connectivity index (χ0) is 10.1.